The Morgan fingerprint density at radius 2 is 2.20 bits per heavy atom. The van der Waals surface area contributed by atoms with E-state index >= 15 is 0 Å². The Morgan fingerprint density at radius 3 is 2.60 bits per heavy atom. The van der Waals surface area contributed by atoms with E-state index in [0.29, 0.717) is 12.0 Å². The van der Waals surface area contributed by atoms with Crippen molar-refractivity contribution in [1.82, 2.24) is 5.32 Å². The Hall–Kier alpha value is -0.0800. The first kappa shape index (κ1) is 8.02. The van der Waals surface area contributed by atoms with Gasteiger partial charge < -0.3 is 10.4 Å². The molecule has 0 amide bonds. The number of aliphatic hydroxyl groups excluding tert-OH is 1. The monoisotopic (exact) mass is 143 g/mol. The second-order valence-corrected chi connectivity index (χ2v) is 3.37. The third kappa shape index (κ3) is 1.96. The standard InChI is InChI=1S/C8H17NO/c1-9-6-2-3-8(7-10)4-5-8/h9-10H,2-7H2,1H3. The van der Waals surface area contributed by atoms with Gasteiger partial charge in [0.15, 0.2) is 0 Å². The quantitative estimate of drug-likeness (QED) is 0.557. The Kier molecular flexibility index (Phi) is 2.69. The first-order valence-electron chi connectivity index (χ1n) is 4.08. The maximum Gasteiger partial charge on any atom is 0.0487 e. The van der Waals surface area contributed by atoms with E-state index in [0.717, 1.165) is 6.54 Å². The maximum atomic E-state index is 8.94. The number of rotatable bonds is 5. The fourth-order valence-electron chi connectivity index (χ4n) is 1.30. The Morgan fingerprint density at radius 1 is 1.50 bits per heavy atom. The summed E-state index contributed by atoms with van der Waals surface area (Å²) in [5.74, 6) is 0. The highest BCUT2D eigenvalue weighted by Gasteiger charge is 2.40. The largest absolute Gasteiger partial charge is 0.396 e. The summed E-state index contributed by atoms with van der Waals surface area (Å²) >= 11 is 0. The fourth-order valence-corrected chi connectivity index (χ4v) is 1.30. The van der Waals surface area contributed by atoms with Gasteiger partial charge in [-0.05, 0) is 44.7 Å². The van der Waals surface area contributed by atoms with Gasteiger partial charge in [-0.1, -0.05) is 0 Å². The van der Waals surface area contributed by atoms with Gasteiger partial charge in [-0.15, -0.1) is 0 Å². The smallest absolute Gasteiger partial charge is 0.0487 e. The molecule has 0 unspecified atom stereocenters. The van der Waals surface area contributed by atoms with Gasteiger partial charge in [-0.25, -0.2) is 0 Å². The molecule has 0 radical (unpaired) electrons. The van der Waals surface area contributed by atoms with E-state index in [-0.39, 0.29) is 0 Å². The van der Waals surface area contributed by atoms with Crippen molar-refractivity contribution < 1.29 is 5.11 Å². The number of hydrogen-bond acceptors (Lipinski definition) is 2. The van der Waals surface area contributed by atoms with E-state index in [1.165, 1.54) is 25.7 Å². The van der Waals surface area contributed by atoms with Crippen LogP contribution in [-0.4, -0.2) is 25.3 Å². The molecule has 1 saturated carbocycles. The van der Waals surface area contributed by atoms with Gasteiger partial charge in [-0.2, -0.15) is 0 Å². The Labute approximate surface area is 62.6 Å². The molecule has 1 aliphatic rings. The van der Waals surface area contributed by atoms with Crippen LogP contribution in [0.4, 0.5) is 0 Å². The van der Waals surface area contributed by atoms with Crippen molar-refractivity contribution in [2.24, 2.45) is 5.41 Å². The minimum atomic E-state index is 0.358. The fraction of sp³-hybridized carbons (Fsp3) is 1.00. The molecule has 2 heteroatoms. The van der Waals surface area contributed by atoms with Gasteiger partial charge in [0, 0.05) is 6.61 Å². The molecule has 0 heterocycles. The summed E-state index contributed by atoms with van der Waals surface area (Å²) in [6.07, 6.45) is 4.89. The van der Waals surface area contributed by atoms with Crippen molar-refractivity contribution >= 4 is 0 Å². The van der Waals surface area contributed by atoms with Crippen LogP contribution in [0.25, 0.3) is 0 Å². The van der Waals surface area contributed by atoms with E-state index in [9.17, 15) is 0 Å². The zero-order valence-corrected chi connectivity index (χ0v) is 6.69. The van der Waals surface area contributed by atoms with Crippen LogP contribution >= 0.6 is 0 Å². The summed E-state index contributed by atoms with van der Waals surface area (Å²) in [7, 11) is 1.97. The predicted octanol–water partition coefficient (Wildman–Crippen LogP) is 0.758. The maximum absolute atomic E-state index is 8.94. The molecule has 0 bridgehead atoms. The van der Waals surface area contributed by atoms with Crippen LogP contribution in [0.2, 0.25) is 0 Å². The van der Waals surface area contributed by atoms with Gasteiger partial charge in [-0.3, -0.25) is 0 Å². The Bertz CT molecular complexity index is 99.4. The molecule has 0 aromatic rings. The van der Waals surface area contributed by atoms with Crippen molar-refractivity contribution in [2.75, 3.05) is 20.2 Å². The van der Waals surface area contributed by atoms with Crippen LogP contribution < -0.4 is 5.32 Å². The van der Waals surface area contributed by atoms with E-state index in [1.54, 1.807) is 0 Å². The third-order valence-electron chi connectivity index (χ3n) is 2.43. The number of nitrogens with one attached hydrogen (secondary N) is 1. The van der Waals surface area contributed by atoms with Crippen molar-refractivity contribution in [2.45, 2.75) is 25.7 Å². The number of aliphatic hydroxyl groups is 1. The lowest BCUT2D eigenvalue weighted by Crippen LogP contribution is -2.12. The van der Waals surface area contributed by atoms with E-state index in [4.69, 9.17) is 5.11 Å². The van der Waals surface area contributed by atoms with Crippen LogP contribution in [-0.2, 0) is 0 Å². The van der Waals surface area contributed by atoms with Crippen molar-refractivity contribution in [3.63, 3.8) is 0 Å². The topological polar surface area (TPSA) is 32.3 Å². The molecule has 0 aliphatic heterocycles. The highest BCUT2D eigenvalue weighted by Crippen LogP contribution is 2.48. The summed E-state index contributed by atoms with van der Waals surface area (Å²) < 4.78 is 0. The molecule has 1 aliphatic carbocycles. The molecule has 1 rings (SSSR count). The average Bonchev–Trinajstić information content (AvgIpc) is 2.70. The molecule has 2 nitrogen and oxygen atoms in total. The van der Waals surface area contributed by atoms with E-state index in [1.807, 2.05) is 7.05 Å². The summed E-state index contributed by atoms with van der Waals surface area (Å²) in [6.45, 7) is 1.48. The lowest BCUT2D eigenvalue weighted by molar-refractivity contribution is 0.201. The predicted molar refractivity (Wildman–Crippen MR) is 41.9 cm³/mol. The lowest BCUT2D eigenvalue weighted by atomic mass is 10.0. The third-order valence-corrected chi connectivity index (χ3v) is 2.43. The summed E-state index contributed by atoms with van der Waals surface area (Å²) in [6, 6.07) is 0. The molecule has 0 spiro atoms. The summed E-state index contributed by atoms with van der Waals surface area (Å²) in [5, 5.41) is 12.0. The van der Waals surface area contributed by atoms with Gasteiger partial charge in [0.2, 0.25) is 0 Å². The first-order valence-corrected chi connectivity index (χ1v) is 4.08. The van der Waals surface area contributed by atoms with Crippen molar-refractivity contribution in [3.8, 4) is 0 Å². The van der Waals surface area contributed by atoms with E-state index in [2.05, 4.69) is 5.32 Å². The zero-order chi connectivity index (χ0) is 7.45. The van der Waals surface area contributed by atoms with Crippen LogP contribution in [0.3, 0.4) is 0 Å². The van der Waals surface area contributed by atoms with Crippen LogP contribution in [0.5, 0.6) is 0 Å². The van der Waals surface area contributed by atoms with Gasteiger partial charge >= 0.3 is 0 Å². The molecule has 1 fully saturated rings. The lowest BCUT2D eigenvalue weighted by Gasteiger charge is -2.09. The molecule has 0 saturated heterocycles. The minimum Gasteiger partial charge on any atom is -0.396 e. The van der Waals surface area contributed by atoms with Gasteiger partial charge in [0.25, 0.3) is 0 Å². The highest BCUT2D eigenvalue weighted by atomic mass is 16.3. The first-order chi connectivity index (χ1) is 4.83. The van der Waals surface area contributed by atoms with E-state index < -0.39 is 0 Å². The molecular formula is C8H17NO. The summed E-state index contributed by atoms with van der Waals surface area (Å²) in [4.78, 5) is 0. The zero-order valence-electron chi connectivity index (χ0n) is 6.69. The molecule has 0 aromatic heterocycles. The molecule has 60 valence electrons. The van der Waals surface area contributed by atoms with Crippen LogP contribution in [0.15, 0.2) is 0 Å². The average molecular weight is 143 g/mol. The van der Waals surface area contributed by atoms with Crippen molar-refractivity contribution in [1.29, 1.82) is 0 Å². The van der Waals surface area contributed by atoms with Crippen molar-refractivity contribution in [3.05, 3.63) is 0 Å². The SMILES string of the molecule is CNCCCC1(CO)CC1. The number of hydrogen-bond donors (Lipinski definition) is 2. The second-order valence-electron chi connectivity index (χ2n) is 3.37. The normalized spacial score (nSPS) is 21.0. The minimum absolute atomic E-state index is 0.358. The highest BCUT2D eigenvalue weighted by molar-refractivity contribution is 4.92. The van der Waals surface area contributed by atoms with Gasteiger partial charge in [0.1, 0.15) is 0 Å². The molecule has 2 N–H and O–H groups in total. The van der Waals surface area contributed by atoms with Crippen LogP contribution in [0.1, 0.15) is 25.7 Å². The molecule has 0 aromatic carbocycles. The second kappa shape index (κ2) is 3.35. The van der Waals surface area contributed by atoms with Crippen LogP contribution in [0, 0.1) is 5.41 Å². The molecule has 0 atom stereocenters. The summed E-state index contributed by atoms with van der Waals surface area (Å²) in [5.41, 5.74) is 0.358. The molecular weight excluding hydrogens is 126 g/mol. The molecule has 10 heavy (non-hydrogen) atoms. The van der Waals surface area contributed by atoms with Gasteiger partial charge in [0.05, 0.1) is 0 Å². The Balaban J connectivity index is 2.01.